The third-order valence-corrected chi connectivity index (χ3v) is 3.92. The number of carbonyl (C=O) groups is 1. The van der Waals surface area contributed by atoms with Gasteiger partial charge >= 0.3 is 0 Å². The molecule has 0 unspecified atom stereocenters. The topological polar surface area (TPSA) is 29.1 Å². The van der Waals surface area contributed by atoms with Crippen LogP contribution in [-0.2, 0) is 0 Å². The molecule has 0 aliphatic rings. The molecule has 0 aromatic heterocycles. The van der Waals surface area contributed by atoms with Gasteiger partial charge in [-0.15, -0.1) is 0 Å². The fraction of sp³-hybridized carbons (Fsp3) is 0.0714. The predicted octanol–water partition coefficient (Wildman–Crippen LogP) is 5.19. The van der Waals surface area contributed by atoms with Crippen LogP contribution in [0.1, 0.15) is 15.9 Å². The van der Waals surface area contributed by atoms with Gasteiger partial charge in [0.2, 0.25) is 0 Å². The summed E-state index contributed by atoms with van der Waals surface area (Å²) in [5.74, 6) is -5.19. The van der Waals surface area contributed by atoms with Crippen LogP contribution in [0.2, 0.25) is 0 Å². The molecule has 0 aliphatic heterocycles. The molecule has 21 heavy (non-hydrogen) atoms. The van der Waals surface area contributed by atoms with E-state index in [9.17, 15) is 18.0 Å². The number of halogens is 5. The van der Waals surface area contributed by atoms with Gasteiger partial charge in [0, 0.05) is 14.5 Å². The van der Waals surface area contributed by atoms with Crippen molar-refractivity contribution in [2.75, 3.05) is 5.32 Å². The van der Waals surface area contributed by atoms with E-state index >= 15 is 0 Å². The molecule has 110 valence electrons. The molecule has 0 saturated heterocycles. The summed E-state index contributed by atoms with van der Waals surface area (Å²) in [4.78, 5) is 12.0. The van der Waals surface area contributed by atoms with Crippen molar-refractivity contribution in [2.45, 2.75) is 6.92 Å². The predicted molar refractivity (Wildman–Crippen MR) is 80.8 cm³/mol. The van der Waals surface area contributed by atoms with Crippen molar-refractivity contribution < 1.29 is 18.0 Å². The average Bonchev–Trinajstić information content (AvgIpc) is 2.39. The number of nitrogens with one attached hydrogen (secondary N) is 1. The number of amides is 1. The molecule has 0 spiro atoms. The monoisotopic (exact) mass is 421 g/mol. The van der Waals surface area contributed by atoms with Crippen molar-refractivity contribution in [3.05, 3.63) is 61.8 Å². The summed E-state index contributed by atoms with van der Waals surface area (Å²) in [6, 6.07) is 4.83. The molecule has 0 atom stereocenters. The molecule has 1 N–H and O–H groups in total. The Morgan fingerprint density at radius 1 is 1.00 bits per heavy atom. The Morgan fingerprint density at radius 2 is 1.48 bits per heavy atom. The molecular weight excluding hydrogens is 415 g/mol. The molecule has 2 aromatic rings. The maximum Gasteiger partial charge on any atom is 0.255 e. The minimum Gasteiger partial charge on any atom is -0.320 e. The number of hydrogen-bond acceptors (Lipinski definition) is 1. The van der Waals surface area contributed by atoms with Crippen LogP contribution < -0.4 is 5.32 Å². The van der Waals surface area contributed by atoms with Crippen LogP contribution >= 0.6 is 31.9 Å². The van der Waals surface area contributed by atoms with E-state index in [-0.39, 0.29) is 5.56 Å². The summed E-state index contributed by atoms with van der Waals surface area (Å²) in [5, 5.41) is 2.51. The van der Waals surface area contributed by atoms with Gasteiger partial charge in [0.25, 0.3) is 5.91 Å². The molecule has 0 radical (unpaired) electrons. The molecule has 0 heterocycles. The quantitative estimate of drug-likeness (QED) is 0.663. The molecule has 2 nitrogen and oxygen atoms in total. The maximum atomic E-state index is 13.1. The van der Waals surface area contributed by atoms with Crippen LogP contribution in [0.4, 0.5) is 18.9 Å². The van der Waals surface area contributed by atoms with Gasteiger partial charge in [-0.25, -0.2) is 13.2 Å². The average molecular weight is 423 g/mol. The van der Waals surface area contributed by atoms with Crippen LogP contribution in [0.25, 0.3) is 0 Å². The van der Waals surface area contributed by atoms with Gasteiger partial charge in [0.15, 0.2) is 17.5 Å². The van der Waals surface area contributed by atoms with E-state index in [0.29, 0.717) is 26.8 Å². The molecule has 0 fully saturated rings. The lowest BCUT2D eigenvalue weighted by molar-refractivity contribution is 0.102. The van der Waals surface area contributed by atoms with E-state index in [4.69, 9.17) is 0 Å². The number of aryl methyl sites for hydroxylation is 1. The Kier molecular flexibility index (Phi) is 4.73. The zero-order valence-electron chi connectivity index (χ0n) is 10.6. The lowest BCUT2D eigenvalue weighted by atomic mass is 10.1. The fourth-order valence-corrected chi connectivity index (χ4v) is 3.31. The zero-order valence-corrected chi connectivity index (χ0v) is 13.8. The van der Waals surface area contributed by atoms with E-state index < -0.39 is 23.4 Å². The first kappa shape index (κ1) is 16.0. The number of hydrogen-bond donors (Lipinski definition) is 1. The van der Waals surface area contributed by atoms with Crippen molar-refractivity contribution >= 4 is 43.5 Å². The summed E-state index contributed by atoms with van der Waals surface area (Å²) >= 11 is 6.57. The van der Waals surface area contributed by atoms with Crippen molar-refractivity contribution in [2.24, 2.45) is 0 Å². The van der Waals surface area contributed by atoms with Gasteiger partial charge in [0.05, 0.1) is 5.69 Å². The summed E-state index contributed by atoms with van der Waals surface area (Å²) < 4.78 is 40.4. The molecular formula is C14H8Br2F3NO. The second-order valence-corrected chi connectivity index (χ2v) is 6.02. The minimum absolute atomic E-state index is 0.314. The van der Waals surface area contributed by atoms with Crippen LogP contribution in [0.5, 0.6) is 0 Å². The van der Waals surface area contributed by atoms with Gasteiger partial charge in [-0.3, -0.25) is 4.79 Å². The number of rotatable bonds is 2. The van der Waals surface area contributed by atoms with Gasteiger partial charge in [-0.05, 0) is 68.6 Å². The highest BCUT2D eigenvalue weighted by Gasteiger charge is 2.17. The van der Waals surface area contributed by atoms with Crippen LogP contribution in [0.3, 0.4) is 0 Å². The molecule has 0 aliphatic carbocycles. The van der Waals surface area contributed by atoms with E-state index in [2.05, 4.69) is 37.2 Å². The third kappa shape index (κ3) is 3.47. The fourth-order valence-electron chi connectivity index (χ4n) is 1.69. The Labute approximate surface area is 135 Å². The van der Waals surface area contributed by atoms with Crippen LogP contribution in [-0.4, -0.2) is 5.91 Å². The third-order valence-electron chi connectivity index (χ3n) is 2.67. The van der Waals surface area contributed by atoms with Gasteiger partial charge in [-0.1, -0.05) is 0 Å². The van der Waals surface area contributed by atoms with Gasteiger partial charge < -0.3 is 5.32 Å². The lowest BCUT2D eigenvalue weighted by Gasteiger charge is -2.11. The normalized spacial score (nSPS) is 10.6. The first-order chi connectivity index (χ1) is 9.79. The molecule has 1 amide bonds. The number of benzene rings is 2. The Balaban J connectivity index is 2.35. The van der Waals surface area contributed by atoms with E-state index in [1.54, 1.807) is 12.1 Å². The number of carbonyl (C=O) groups excluding carboxylic acids is 1. The highest BCUT2D eigenvalue weighted by atomic mass is 79.9. The highest BCUT2D eigenvalue weighted by molar-refractivity contribution is 9.11. The molecule has 0 bridgehead atoms. The second kappa shape index (κ2) is 6.19. The summed E-state index contributed by atoms with van der Waals surface area (Å²) in [5.41, 5.74) is 1.05. The summed E-state index contributed by atoms with van der Waals surface area (Å²) in [6.07, 6.45) is 0. The standard InChI is InChI=1S/C14H8Br2F3NO/c1-6-2-8(15)13(9(16)3-6)20-14(21)7-4-10(17)12(19)11(18)5-7/h2-5H,1H3,(H,20,21). The van der Waals surface area contributed by atoms with E-state index in [1.165, 1.54) is 0 Å². The van der Waals surface area contributed by atoms with Crippen molar-refractivity contribution in [1.82, 2.24) is 0 Å². The lowest BCUT2D eigenvalue weighted by Crippen LogP contribution is -2.14. The maximum absolute atomic E-state index is 13.1. The number of anilines is 1. The van der Waals surface area contributed by atoms with E-state index in [1.807, 2.05) is 6.92 Å². The van der Waals surface area contributed by atoms with Crippen molar-refractivity contribution in [3.63, 3.8) is 0 Å². The molecule has 2 rings (SSSR count). The van der Waals surface area contributed by atoms with E-state index in [0.717, 1.165) is 5.56 Å². The molecule has 0 saturated carbocycles. The molecule has 2 aromatic carbocycles. The van der Waals surface area contributed by atoms with Crippen molar-refractivity contribution in [1.29, 1.82) is 0 Å². The highest BCUT2D eigenvalue weighted by Crippen LogP contribution is 2.32. The first-order valence-electron chi connectivity index (χ1n) is 5.71. The van der Waals surface area contributed by atoms with Gasteiger partial charge in [0.1, 0.15) is 0 Å². The first-order valence-corrected chi connectivity index (χ1v) is 7.29. The van der Waals surface area contributed by atoms with Crippen LogP contribution in [0, 0.1) is 24.4 Å². The largest absolute Gasteiger partial charge is 0.320 e. The molecule has 7 heteroatoms. The Hall–Kier alpha value is -1.34. The SMILES string of the molecule is Cc1cc(Br)c(NC(=O)c2cc(F)c(F)c(F)c2)c(Br)c1. The second-order valence-electron chi connectivity index (χ2n) is 4.31. The Bertz CT molecular complexity index is 688. The van der Waals surface area contributed by atoms with Crippen LogP contribution in [0.15, 0.2) is 33.2 Å². The van der Waals surface area contributed by atoms with Crippen molar-refractivity contribution in [3.8, 4) is 0 Å². The summed E-state index contributed by atoms with van der Waals surface area (Å²) in [7, 11) is 0. The summed E-state index contributed by atoms with van der Waals surface area (Å²) in [6.45, 7) is 1.87. The Morgan fingerprint density at radius 3 is 1.95 bits per heavy atom. The minimum atomic E-state index is -1.61. The zero-order chi connectivity index (χ0) is 15.7. The van der Waals surface area contributed by atoms with Gasteiger partial charge in [-0.2, -0.15) is 0 Å². The smallest absolute Gasteiger partial charge is 0.255 e.